The van der Waals surface area contributed by atoms with Crippen LogP contribution in [0.1, 0.15) is 22.6 Å². The van der Waals surface area contributed by atoms with Crippen LogP contribution in [0.5, 0.6) is 0 Å². The van der Waals surface area contributed by atoms with Crippen molar-refractivity contribution in [2.45, 2.75) is 20.8 Å². The second-order valence-electron chi connectivity index (χ2n) is 8.28. The van der Waals surface area contributed by atoms with E-state index in [1.165, 1.54) is 11.0 Å². The number of nitrogens with one attached hydrogen (secondary N) is 1. The fraction of sp³-hybridized carbons (Fsp3) is 0.130. The molecule has 5 aromatic rings. The van der Waals surface area contributed by atoms with Crippen molar-refractivity contribution in [2.24, 2.45) is 0 Å². The maximum absolute atomic E-state index is 13.5. The molecular weight excluding hydrogens is 488 g/mol. The molecule has 0 unspecified atom stereocenters. The first-order valence-electron chi connectivity index (χ1n) is 10.6. The Kier molecular flexibility index (Phi) is 4.57. The number of fused-ring (bicyclic) bond motifs is 6. The van der Waals surface area contributed by atoms with Crippen molar-refractivity contribution in [3.05, 3.63) is 69.6 Å². The monoisotopic (exact) mass is 504 g/mol. The predicted octanol–water partition coefficient (Wildman–Crippen LogP) is 3.04. The molecule has 0 spiro atoms. The quantitative estimate of drug-likeness (QED) is 0.225. The van der Waals surface area contributed by atoms with Gasteiger partial charge in [-0.05, 0) is 63.3 Å². The lowest BCUT2D eigenvalue weighted by atomic mass is 10.1. The molecule has 0 saturated carbocycles. The molecule has 1 saturated heterocycles. The maximum Gasteiger partial charge on any atom is 0.270 e. The zero-order valence-corrected chi connectivity index (χ0v) is 20.3. The number of benzene rings is 1. The van der Waals surface area contributed by atoms with E-state index in [-0.39, 0.29) is 10.7 Å². The minimum Gasteiger partial charge on any atom is -0.298 e. The molecular formula is C23H17ClN8O2S. The summed E-state index contributed by atoms with van der Waals surface area (Å²) in [6, 6.07) is 10.5. The number of thiocarbonyl (C=S) groups is 1. The summed E-state index contributed by atoms with van der Waals surface area (Å²) in [7, 11) is 0. The van der Waals surface area contributed by atoms with Gasteiger partial charge in [0.2, 0.25) is 0 Å². The number of amides is 2. The first-order chi connectivity index (χ1) is 16.7. The predicted molar refractivity (Wildman–Crippen MR) is 135 cm³/mol. The summed E-state index contributed by atoms with van der Waals surface area (Å²) in [5, 5.41) is 17.0. The minimum absolute atomic E-state index is 0.00223. The summed E-state index contributed by atoms with van der Waals surface area (Å²) < 4.78 is 5.20. The van der Waals surface area contributed by atoms with Crippen LogP contribution in [-0.4, -0.2) is 45.8 Å². The van der Waals surface area contributed by atoms with Crippen molar-refractivity contribution >= 4 is 69.5 Å². The van der Waals surface area contributed by atoms with Gasteiger partial charge in [-0.25, -0.2) is 0 Å². The molecule has 12 heteroatoms. The molecule has 6 rings (SSSR count). The summed E-state index contributed by atoms with van der Waals surface area (Å²) >= 11 is 11.3. The van der Waals surface area contributed by atoms with Gasteiger partial charge in [0.15, 0.2) is 22.1 Å². The number of hydrogen-bond donors (Lipinski definition) is 1. The summed E-state index contributed by atoms with van der Waals surface area (Å²) in [5.41, 5.74) is 5.31. The van der Waals surface area contributed by atoms with Gasteiger partial charge in [-0.2, -0.15) is 28.8 Å². The molecule has 0 radical (unpaired) electrons. The Hall–Kier alpha value is -4.09. The lowest BCUT2D eigenvalue weighted by Crippen LogP contribution is -2.54. The molecule has 10 nitrogen and oxygen atoms in total. The lowest BCUT2D eigenvalue weighted by molar-refractivity contribution is -0.122. The first-order valence-corrected chi connectivity index (χ1v) is 11.4. The van der Waals surface area contributed by atoms with Gasteiger partial charge >= 0.3 is 0 Å². The van der Waals surface area contributed by atoms with Gasteiger partial charge in [0, 0.05) is 22.7 Å². The molecule has 174 valence electrons. The van der Waals surface area contributed by atoms with E-state index in [2.05, 4.69) is 20.6 Å². The van der Waals surface area contributed by atoms with E-state index >= 15 is 0 Å². The van der Waals surface area contributed by atoms with Crippen LogP contribution < -0.4 is 10.2 Å². The standard InChI is InChI=1S/C23H17ClN8O2S/c1-11-8-19-30(26-11)18-9-12(2)27-31(18)21-16(13(3)28-32(19)21)10-17-20(33)25-23(35)29(22(17)34)15-6-4-14(24)5-7-15/h4-10H,1-3H3,(H,25,33,35). The van der Waals surface area contributed by atoms with Crippen molar-refractivity contribution in [1.82, 2.24) is 34.2 Å². The van der Waals surface area contributed by atoms with Crippen molar-refractivity contribution in [3.63, 3.8) is 0 Å². The Labute approximate surface area is 208 Å². The van der Waals surface area contributed by atoms with Gasteiger partial charge in [0.25, 0.3) is 11.8 Å². The van der Waals surface area contributed by atoms with Crippen molar-refractivity contribution in [3.8, 4) is 0 Å². The third-order valence-corrected chi connectivity index (χ3v) is 6.35. The molecule has 1 N–H and O–H groups in total. The second-order valence-corrected chi connectivity index (χ2v) is 9.10. The summed E-state index contributed by atoms with van der Waals surface area (Å²) in [6.07, 6.45) is 1.54. The highest BCUT2D eigenvalue weighted by Gasteiger charge is 2.35. The Balaban J connectivity index is 1.59. The smallest absolute Gasteiger partial charge is 0.270 e. The van der Waals surface area contributed by atoms with Crippen LogP contribution in [0, 0.1) is 20.8 Å². The van der Waals surface area contributed by atoms with E-state index < -0.39 is 11.8 Å². The molecule has 0 atom stereocenters. The third kappa shape index (κ3) is 3.16. The highest BCUT2D eigenvalue weighted by Crippen LogP contribution is 2.27. The van der Waals surface area contributed by atoms with Crippen molar-refractivity contribution < 1.29 is 9.59 Å². The van der Waals surface area contributed by atoms with Gasteiger partial charge in [-0.15, -0.1) is 0 Å². The van der Waals surface area contributed by atoms with E-state index in [9.17, 15) is 9.59 Å². The topological polar surface area (TPSA) is 101 Å². The minimum atomic E-state index is -0.585. The molecule has 2 amide bonds. The Morgan fingerprint density at radius 1 is 0.914 bits per heavy atom. The number of anilines is 1. The van der Waals surface area contributed by atoms with Crippen LogP contribution in [0.15, 0.2) is 42.0 Å². The number of rotatable bonds is 2. The molecule has 0 aliphatic carbocycles. The third-order valence-electron chi connectivity index (χ3n) is 5.82. The van der Waals surface area contributed by atoms with Crippen LogP contribution in [0.3, 0.4) is 0 Å². The van der Waals surface area contributed by atoms with E-state index in [0.29, 0.717) is 27.6 Å². The largest absolute Gasteiger partial charge is 0.298 e. The van der Waals surface area contributed by atoms with Gasteiger partial charge in [-0.3, -0.25) is 19.8 Å². The highest BCUT2D eigenvalue weighted by molar-refractivity contribution is 7.80. The number of carbonyl (C=O) groups is 2. The maximum atomic E-state index is 13.5. The molecule has 4 aromatic heterocycles. The van der Waals surface area contributed by atoms with E-state index in [1.54, 1.807) is 37.8 Å². The molecule has 0 bridgehead atoms. The van der Waals surface area contributed by atoms with E-state index in [0.717, 1.165) is 22.7 Å². The molecule has 35 heavy (non-hydrogen) atoms. The number of nitrogens with zero attached hydrogens (tertiary/aromatic N) is 7. The normalized spacial score (nSPS) is 15.8. The van der Waals surface area contributed by atoms with Gasteiger partial charge in [0.1, 0.15) is 5.57 Å². The molecule has 5 heterocycles. The van der Waals surface area contributed by atoms with Crippen molar-refractivity contribution in [2.75, 3.05) is 4.90 Å². The zero-order chi connectivity index (χ0) is 24.6. The average molecular weight is 505 g/mol. The van der Waals surface area contributed by atoms with E-state index in [1.807, 2.05) is 32.9 Å². The average Bonchev–Trinajstić information content (AvgIpc) is 3.46. The number of aromatic nitrogens is 6. The molecule has 1 aromatic carbocycles. The number of aryl methyl sites for hydroxylation is 3. The highest BCUT2D eigenvalue weighted by atomic mass is 35.5. The summed E-state index contributed by atoms with van der Waals surface area (Å²) in [5.74, 6) is -1.13. The fourth-order valence-corrected chi connectivity index (χ4v) is 4.69. The van der Waals surface area contributed by atoms with Gasteiger partial charge in [-0.1, -0.05) is 11.6 Å². The Morgan fingerprint density at radius 2 is 1.51 bits per heavy atom. The van der Waals surface area contributed by atoms with Crippen LogP contribution >= 0.6 is 23.8 Å². The number of halogens is 1. The van der Waals surface area contributed by atoms with E-state index in [4.69, 9.17) is 23.8 Å². The summed E-state index contributed by atoms with van der Waals surface area (Å²) in [4.78, 5) is 27.7. The Morgan fingerprint density at radius 3 is 2.17 bits per heavy atom. The Bertz CT molecular complexity index is 1750. The number of carbonyl (C=O) groups excluding carboxylic acids is 2. The van der Waals surface area contributed by atoms with Gasteiger partial charge in [0.05, 0.1) is 22.8 Å². The fourth-order valence-electron chi connectivity index (χ4n) is 4.28. The van der Waals surface area contributed by atoms with Crippen LogP contribution in [0.25, 0.3) is 23.0 Å². The SMILES string of the molecule is Cc1cc2n(n1)c1cc(C)nn1c1c(C=C3C(=O)NC(=S)N(c4ccc(Cl)cc4)C3=O)c(C)nn21. The first kappa shape index (κ1) is 21.4. The van der Waals surface area contributed by atoms with Crippen LogP contribution in [0.2, 0.25) is 5.02 Å². The zero-order valence-electron chi connectivity index (χ0n) is 18.8. The van der Waals surface area contributed by atoms with Crippen molar-refractivity contribution in [1.29, 1.82) is 0 Å². The summed E-state index contributed by atoms with van der Waals surface area (Å²) in [6.45, 7) is 5.60. The van der Waals surface area contributed by atoms with Gasteiger partial charge < -0.3 is 0 Å². The van der Waals surface area contributed by atoms with Crippen LogP contribution in [0.4, 0.5) is 5.69 Å². The second kappa shape index (κ2) is 7.45. The number of hydrogen-bond acceptors (Lipinski definition) is 6. The molecule has 1 aliphatic rings. The molecule has 1 aliphatic heterocycles. The lowest BCUT2D eigenvalue weighted by Gasteiger charge is -2.28. The van der Waals surface area contributed by atoms with Crippen LogP contribution in [-0.2, 0) is 9.59 Å². The molecule has 1 fully saturated rings.